The summed E-state index contributed by atoms with van der Waals surface area (Å²) in [5.74, 6) is 0.678. The van der Waals surface area contributed by atoms with Crippen LogP contribution in [0.1, 0.15) is 5.56 Å². The Labute approximate surface area is 191 Å². The number of anilines is 2. The molecule has 3 N–H and O–H groups in total. The zero-order valence-electron chi connectivity index (χ0n) is 18.9. The number of aromatic nitrogens is 1. The molecule has 0 bridgehead atoms. The van der Waals surface area contributed by atoms with Crippen LogP contribution in [0.25, 0.3) is 10.9 Å². The van der Waals surface area contributed by atoms with Gasteiger partial charge in [0.25, 0.3) is 5.56 Å². The van der Waals surface area contributed by atoms with Gasteiger partial charge in [-0.25, -0.2) is 4.39 Å². The Morgan fingerprint density at radius 1 is 1.09 bits per heavy atom. The largest absolute Gasteiger partial charge is 0.493 e. The second-order valence-electron chi connectivity index (χ2n) is 7.91. The van der Waals surface area contributed by atoms with Gasteiger partial charge < -0.3 is 29.8 Å². The number of ether oxygens (including phenoxy) is 3. The van der Waals surface area contributed by atoms with E-state index in [1.165, 1.54) is 19.2 Å². The molecule has 4 rings (SSSR count). The van der Waals surface area contributed by atoms with Crippen LogP contribution in [0.5, 0.6) is 11.5 Å². The Hall–Kier alpha value is -3.30. The molecule has 0 spiro atoms. The van der Waals surface area contributed by atoms with E-state index in [-0.39, 0.29) is 17.9 Å². The minimum atomic E-state index is -0.329. The van der Waals surface area contributed by atoms with E-state index in [2.05, 4.69) is 10.2 Å². The van der Waals surface area contributed by atoms with E-state index < -0.39 is 0 Å². The van der Waals surface area contributed by atoms with E-state index in [4.69, 9.17) is 19.9 Å². The maximum absolute atomic E-state index is 13.6. The highest BCUT2D eigenvalue weighted by Gasteiger charge is 2.19. The minimum absolute atomic E-state index is 0.251. The Morgan fingerprint density at radius 3 is 2.42 bits per heavy atom. The first kappa shape index (κ1) is 22.9. The van der Waals surface area contributed by atoms with Crippen molar-refractivity contribution in [2.24, 2.45) is 0 Å². The standard InChI is InChI=1S/C24H29FN4O4/c1-31-20-13-18-19(14-21(20)32-2)29(15-16-3-5-17(25)6-4-16)24(30)23(22(18)26)27-7-8-28-9-11-33-12-10-28/h3-6,13-14,27H,7-12,15,26H2,1-2H3. The molecule has 1 aromatic heterocycles. The first-order valence-electron chi connectivity index (χ1n) is 10.9. The lowest BCUT2D eigenvalue weighted by Crippen LogP contribution is -2.39. The summed E-state index contributed by atoms with van der Waals surface area (Å²) in [5, 5.41) is 3.92. The van der Waals surface area contributed by atoms with Gasteiger partial charge in [0.15, 0.2) is 11.5 Å². The van der Waals surface area contributed by atoms with Crippen LogP contribution in [0.4, 0.5) is 15.8 Å². The molecule has 1 fully saturated rings. The highest BCUT2D eigenvalue weighted by molar-refractivity contribution is 5.98. The maximum atomic E-state index is 13.6. The predicted octanol–water partition coefficient (Wildman–Crippen LogP) is 2.53. The summed E-state index contributed by atoms with van der Waals surface area (Å²) in [6, 6.07) is 9.60. The Balaban J connectivity index is 1.76. The first-order chi connectivity index (χ1) is 16.0. The Morgan fingerprint density at radius 2 is 1.76 bits per heavy atom. The van der Waals surface area contributed by atoms with E-state index in [1.807, 2.05) is 0 Å². The van der Waals surface area contributed by atoms with Gasteiger partial charge in [0.05, 0.1) is 45.2 Å². The molecule has 1 saturated heterocycles. The average molecular weight is 457 g/mol. The summed E-state index contributed by atoms with van der Waals surface area (Å²) in [7, 11) is 3.09. The highest BCUT2D eigenvalue weighted by Crippen LogP contribution is 2.36. The van der Waals surface area contributed by atoms with E-state index in [0.29, 0.717) is 53.5 Å². The second kappa shape index (κ2) is 10.1. The van der Waals surface area contributed by atoms with Crippen molar-refractivity contribution in [3.8, 4) is 11.5 Å². The van der Waals surface area contributed by atoms with E-state index >= 15 is 0 Å². The number of methoxy groups -OCH3 is 2. The molecule has 0 atom stereocenters. The number of pyridine rings is 1. The van der Waals surface area contributed by atoms with Crippen LogP contribution in [-0.2, 0) is 11.3 Å². The van der Waals surface area contributed by atoms with Gasteiger partial charge in [0.1, 0.15) is 11.5 Å². The summed E-state index contributed by atoms with van der Waals surface area (Å²) in [5.41, 5.74) is 8.32. The van der Waals surface area contributed by atoms with E-state index in [9.17, 15) is 9.18 Å². The number of nitrogens with one attached hydrogen (secondary N) is 1. The topological polar surface area (TPSA) is 91.0 Å². The van der Waals surface area contributed by atoms with Crippen LogP contribution in [0.3, 0.4) is 0 Å². The van der Waals surface area contributed by atoms with Gasteiger partial charge in [0.2, 0.25) is 0 Å². The van der Waals surface area contributed by atoms with Crippen LogP contribution in [0.2, 0.25) is 0 Å². The van der Waals surface area contributed by atoms with Gasteiger partial charge >= 0.3 is 0 Å². The minimum Gasteiger partial charge on any atom is -0.493 e. The number of nitrogens with two attached hydrogens (primary N) is 1. The lowest BCUT2D eigenvalue weighted by atomic mass is 10.1. The van der Waals surface area contributed by atoms with Crippen molar-refractivity contribution in [3.63, 3.8) is 0 Å². The molecule has 176 valence electrons. The summed E-state index contributed by atoms with van der Waals surface area (Å²) >= 11 is 0. The van der Waals surface area contributed by atoms with Crippen LogP contribution in [-0.4, -0.2) is 63.1 Å². The van der Waals surface area contributed by atoms with Gasteiger partial charge in [-0.1, -0.05) is 12.1 Å². The smallest absolute Gasteiger partial charge is 0.276 e. The molecule has 1 aliphatic rings. The summed E-state index contributed by atoms with van der Waals surface area (Å²) in [6.45, 7) is 4.73. The van der Waals surface area contributed by atoms with Crippen molar-refractivity contribution < 1.29 is 18.6 Å². The average Bonchev–Trinajstić information content (AvgIpc) is 2.84. The fraction of sp³-hybridized carbons (Fsp3) is 0.375. The molecule has 0 saturated carbocycles. The molecule has 2 aromatic carbocycles. The van der Waals surface area contributed by atoms with Gasteiger partial charge in [-0.3, -0.25) is 9.69 Å². The Bertz CT molecular complexity index is 1170. The van der Waals surface area contributed by atoms with Crippen LogP contribution in [0, 0.1) is 5.82 Å². The van der Waals surface area contributed by atoms with Crippen LogP contribution >= 0.6 is 0 Å². The van der Waals surface area contributed by atoms with Gasteiger partial charge in [0, 0.05) is 37.6 Å². The summed E-state index contributed by atoms with van der Waals surface area (Å²) in [4.78, 5) is 15.8. The summed E-state index contributed by atoms with van der Waals surface area (Å²) < 4.78 is 31.3. The molecule has 9 heteroatoms. The van der Waals surface area contributed by atoms with Crippen molar-refractivity contribution in [1.82, 2.24) is 9.47 Å². The fourth-order valence-electron chi connectivity index (χ4n) is 4.07. The number of nitrogen functional groups attached to an aromatic ring is 1. The normalized spacial score (nSPS) is 14.4. The number of morpholine rings is 1. The summed E-state index contributed by atoms with van der Waals surface area (Å²) in [6.07, 6.45) is 0. The third kappa shape index (κ3) is 4.89. The van der Waals surface area contributed by atoms with Crippen LogP contribution in [0.15, 0.2) is 41.2 Å². The molecular formula is C24H29FN4O4. The number of nitrogens with zero attached hydrogens (tertiary/aromatic N) is 2. The zero-order valence-corrected chi connectivity index (χ0v) is 18.9. The van der Waals surface area contributed by atoms with E-state index in [0.717, 1.165) is 25.2 Å². The predicted molar refractivity (Wildman–Crippen MR) is 127 cm³/mol. The van der Waals surface area contributed by atoms with Crippen molar-refractivity contribution in [3.05, 3.63) is 58.1 Å². The molecule has 3 aromatic rings. The fourth-order valence-corrected chi connectivity index (χ4v) is 4.07. The quantitative estimate of drug-likeness (QED) is 0.538. The number of fused-ring (bicyclic) bond motifs is 1. The number of halogens is 1. The van der Waals surface area contributed by atoms with Crippen molar-refractivity contribution in [2.75, 3.05) is 64.7 Å². The SMILES string of the molecule is COc1cc2c(N)c(NCCN3CCOCC3)c(=O)n(Cc3ccc(F)cc3)c2cc1OC. The van der Waals surface area contributed by atoms with E-state index in [1.54, 1.807) is 35.9 Å². The molecule has 8 nitrogen and oxygen atoms in total. The van der Waals surface area contributed by atoms with Crippen molar-refractivity contribution >= 4 is 22.3 Å². The lowest BCUT2D eigenvalue weighted by Gasteiger charge is -2.27. The molecule has 0 unspecified atom stereocenters. The van der Waals surface area contributed by atoms with Gasteiger partial charge in [-0.05, 0) is 23.8 Å². The molecular weight excluding hydrogens is 427 g/mol. The lowest BCUT2D eigenvalue weighted by molar-refractivity contribution is 0.0398. The molecule has 1 aliphatic heterocycles. The zero-order chi connectivity index (χ0) is 23.4. The molecule has 33 heavy (non-hydrogen) atoms. The number of hydrogen-bond acceptors (Lipinski definition) is 7. The van der Waals surface area contributed by atoms with Crippen molar-refractivity contribution in [1.29, 1.82) is 0 Å². The van der Waals surface area contributed by atoms with Crippen LogP contribution < -0.4 is 26.1 Å². The third-order valence-electron chi connectivity index (χ3n) is 5.90. The number of hydrogen-bond donors (Lipinski definition) is 2. The molecule has 0 aliphatic carbocycles. The van der Waals surface area contributed by atoms with Gasteiger partial charge in [-0.15, -0.1) is 0 Å². The first-order valence-corrected chi connectivity index (χ1v) is 10.9. The Kier molecular flexibility index (Phi) is 7.00. The second-order valence-corrected chi connectivity index (χ2v) is 7.91. The maximum Gasteiger partial charge on any atom is 0.276 e. The van der Waals surface area contributed by atoms with Crippen molar-refractivity contribution in [2.45, 2.75) is 6.54 Å². The monoisotopic (exact) mass is 456 g/mol. The molecule has 2 heterocycles. The number of rotatable bonds is 8. The highest BCUT2D eigenvalue weighted by atomic mass is 19.1. The third-order valence-corrected chi connectivity index (χ3v) is 5.90. The number of benzene rings is 2. The van der Waals surface area contributed by atoms with Gasteiger partial charge in [-0.2, -0.15) is 0 Å². The molecule has 0 radical (unpaired) electrons. The molecule has 0 amide bonds.